The number of hydrogen-bond acceptors (Lipinski definition) is 6. The van der Waals surface area contributed by atoms with Crippen LogP contribution in [0, 0.1) is 0 Å². The molecule has 2 aromatic rings. The van der Waals surface area contributed by atoms with Gasteiger partial charge in [-0.1, -0.05) is 64.0 Å². The van der Waals surface area contributed by atoms with E-state index in [0.717, 1.165) is 69.7 Å². The first-order chi connectivity index (χ1) is 17.3. The van der Waals surface area contributed by atoms with Crippen molar-refractivity contribution < 1.29 is 4.74 Å². The van der Waals surface area contributed by atoms with E-state index in [9.17, 15) is 0 Å². The van der Waals surface area contributed by atoms with Crippen molar-refractivity contribution in [3.63, 3.8) is 0 Å². The Morgan fingerprint density at radius 2 is 1.69 bits per heavy atom. The van der Waals surface area contributed by atoms with Crippen molar-refractivity contribution in [1.29, 1.82) is 0 Å². The molecule has 0 radical (unpaired) electrons. The molecule has 0 bridgehead atoms. The molecule has 1 atom stereocenters. The second kappa shape index (κ2) is 14.3. The molecule has 2 aliphatic rings. The van der Waals surface area contributed by atoms with Gasteiger partial charge in [0.05, 0.1) is 6.61 Å². The number of rotatable bonds is 13. The molecule has 6 heteroatoms. The Morgan fingerprint density at radius 3 is 2.49 bits per heavy atom. The minimum Gasteiger partial charge on any atom is -0.494 e. The summed E-state index contributed by atoms with van der Waals surface area (Å²) in [5, 5.41) is 3.59. The van der Waals surface area contributed by atoms with E-state index in [2.05, 4.69) is 57.4 Å². The Morgan fingerprint density at radius 1 is 0.914 bits per heavy atom. The van der Waals surface area contributed by atoms with Gasteiger partial charge in [-0.2, -0.15) is 4.98 Å². The molecule has 3 heterocycles. The molecule has 0 amide bonds. The molecular formula is C29H45N5O. The van der Waals surface area contributed by atoms with E-state index in [4.69, 9.17) is 9.72 Å². The van der Waals surface area contributed by atoms with E-state index < -0.39 is 0 Å². The number of nitrogens with one attached hydrogen (secondary N) is 1. The Bertz CT molecular complexity index is 850. The van der Waals surface area contributed by atoms with Crippen LogP contribution in [0.3, 0.4) is 0 Å². The molecule has 0 aliphatic carbocycles. The quantitative estimate of drug-likeness (QED) is 0.341. The third-order valence-corrected chi connectivity index (χ3v) is 7.27. The van der Waals surface area contributed by atoms with Gasteiger partial charge in [0.15, 0.2) is 0 Å². The van der Waals surface area contributed by atoms with Crippen molar-refractivity contribution in [2.75, 3.05) is 43.0 Å². The first-order valence-electron chi connectivity index (χ1n) is 14.1. The minimum absolute atomic E-state index is 0.398. The molecule has 0 spiro atoms. The average molecular weight is 480 g/mol. The molecule has 2 saturated heterocycles. The van der Waals surface area contributed by atoms with Crippen molar-refractivity contribution in [3.8, 4) is 5.75 Å². The highest BCUT2D eigenvalue weighted by molar-refractivity contribution is 5.43. The van der Waals surface area contributed by atoms with Crippen LogP contribution in [-0.2, 0) is 6.54 Å². The molecule has 35 heavy (non-hydrogen) atoms. The summed E-state index contributed by atoms with van der Waals surface area (Å²) in [6.45, 7) is 8.40. The van der Waals surface area contributed by atoms with Crippen LogP contribution in [0.1, 0.15) is 83.1 Å². The Hall–Kier alpha value is -2.34. The lowest BCUT2D eigenvalue weighted by Crippen LogP contribution is -2.28. The molecule has 0 saturated carbocycles. The molecule has 2 fully saturated rings. The third kappa shape index (κ3) is 8.68. The number of nitrogens with zero attached hydrogens (tertiary/aromatic N) is 4. The summed E-state index contributed by atoms with van der Waals surface area (Å²) in [6.07, 6.45) is 16.0. The Balaban J connectivity index is 1.17. The van der Waals surface area contributed by atoms with E-state index in [1.54, 1.807) is 0 Å². The molecule has 1 N–H and O–H groups in total. The van der Waals surface area contributed by atoms with Crippen LogP contribution in [0.2, 0.25) is 0 Å². The Labute approximate surface area is 212 Å². The Kier molecular flexibility index (Phi) is 10.5. The van der Waals surface area contributed by atoms with Crippen LogP contribution in [0.5, 0.6) is 5.75 Å². The maximum atomic E-state index is 5.94. The molecule has 6 nitrogen and oxygen atoms in total. The van der Waals surface area contributed by atoms with Crippen LogP contribution < -0.4 is 15.0 Å². The molecule has 1 aromatic carbocycles. The standard InChI is InChI=1S/C29H45N5O/c1-2-3-4-5-8-11-22-35-27-14-12-25(13-15-27)23-33-21-17-26(24-33)31-29-30-18-16-28(32-29)34-19-9-6-7-10-20-34/h12-16,18,26H,2-11,17,19-24H2,1H3,(H,30,31,32). The average Bonchev–Trinajstić information content (AvgIpc) is 3.13. The number of benzene rings is 1. The largest absolute Gasteiger partial charge is 0.494 e. The van der Waals surface area contributed by atoms with Gasteiger partial charge < -0.3 is 15.0 Å². The van der Waals surface area contributed by atoms with Gasteiger partial charge in [-0.3, -0.25) is 4.90 Å². The zero-order valence-electron chi connectivity index (χ0n) is 21.8. The lowest BCUT2D eigenvalue weighted by Gasteiger charge is -2.22. The van der Waals surface area contributed by atoms with Crippen LogP contribution in [0.4, 0.5) is 11.8 Å². The van der Waals surface area contributed by atoms with Gasteiger partial charge in [0.25, 0.3) is 0 Å². The molecule has 192 valence electrons. The normalized spacial score (nSPS) is 19.0. The van der Waals surface area contributed by atoms with Gasteiger partial charge in [0.1, 0.15) is 11.6 Å². The molecular weight excluding hydrogens is 434 g/mol. The summed E-state index contributed by atoms with van der Waals surface area (Å²) in [5.74, 6) is 2.83. The fourth-order valence-corrected chi connectivity index (χ4v) is 5.19. The molecule has 2 aliphatic heterocycles. The predicted molar refractivity (Wildman–Crippen MR) is 145 cm³/mol. The summed E-state index contributed by atoms with van der Waals surface area (Å²) in [6, 6.07) is 11.1. The number of likely N-dealkylation sites (tertiary alicyclic amines) is 1. The maximum Gasteiger partial charge on any atom is 0.224 e. The number of aromatic nitrogens is 2. The van der Waals surface area contributed by atoms with E-state index in [1.165, 1.54) is 63.4 Å². The third-order valence-electron chi connectivity index (χ3n) is 7.27. The zero-order valence-corrected chi connectivity index (χ0v) is 21.8. The van der Waals surface area contributed by atoms with E-state index in [-0.39, 0.29) is 0 Å². The summed E-state index contributed by atoms with van der Waals surface area (Å²) in [7, 11) is 0. The van der Waals surface area contributed by atoms with Gasteiger partial charge in [-0.25, -0.2) is 4.98 Å². The van der Waals surface area contributed by atoms with Gasteiger partial charge in [-0.15, -0.1) is 0 Å². The second-order valence-electron chi connectivity index (χ2n) is 10.3. The van der Waals surface area contributed by atoms with Gasteiger partial charge in [0, 0.05) is 45.0 Å². The van der Waals surface area contributed by atoms with Crippen molar-refractivity contribution in [2.24, 2.45) is 0 Å². The van der Waals surface area contributed by atoms with Crippen molar-refractivity contribution >= 4 is 11.8 Å². The van der Waals surface area contributed by atoms with E-state index >= 15 is 0 Å². The first kappa shape index (κ1) is 25.7. The highest BCUT2D eigenvalue weighted by Crippen LogP contribution is 2.21. The number of ether oxygens (including phenoxy) is 1. The van der Waals surface area contributed by atoms with Crippen LogP contribution in [0.15, 0.2) is 36.5 Å². The predicted octanol–water partition coefficient (Wildman–Crippen LogP) is 6.28. The van der Waals surface area contributed by atoms with E-state index in [1.807, 2.05) is 6.20 Å². The van der Waals surface area contributed by atoms with Crippen LogP contribution >= 0.6 is 0 Å². The van der Waals surface area contributed by atoms with Crippen molar-refractivity contribution in [1.82, 2.24) is 14.9 Å². The smallest absolute Gasteiger partial charge is 0.224 e. The van der Waals surface area contributed by atoms with E-state index in [0.29, 0.717) is 6.04 Å². The minimum atomic E-state index is 0.398. The molecule has 4 rings (SSSR count). The van der Waals surface area contributed by atoms with Gasteiger partial charge in [-0.05, 0) is 49.4 Å². The number of hydrogen-bond donors (Lipinski definition) is 1. The fraction of sp³-hybridized carbons (Fsp3) is 0.655. The summed E-state index contributed by atoms with van der Waals surface area (Å²) in [5.41, 5.74) is 1.34. The zero-order chi connectivity index (χ0) is 24.1. The molecule has 1 aromatic heterocycles. The maximum absolute atomic E-state index is 5.94. The van der Waals surface area contributed by atoms with Crippen LogP contribution in [-0.4, -0.2) is 53.7 Å². The summed E-state index contributed by atoms with van der Waals surface area (Å²) >= 11 is 0. The van der Waals surface area contributed by atoms with Crippen molar-refractivity contribution in [2.45, 2.75) is 90.1 Å². The summed E-state index contributed by atoms with van der Waals surface area (Å²) < 4.78 is 5.94. The number of unbranched alkanes of at least 4 members (excludes halogenated alkanes) is 5. The topological polar surface area (TPSA) is 53.5 Å². The summed E-state index contributed by atoms with van der Waals surface area (Å²) in [4.78, 5) is 14.3. The highest BCUT2D eigenvalue weighted by Gasteiger charge is 2.23. The SMILES string of the molecule is CCCCCCCCOc1ccc(CN2CCC(Nc3nccc(N4CCCCCC4)n3)C2)cc1. The monoisotopic (exact) mass is 479 g/mol. The number of anilines is 2. The highest BCUT2D eigenvalue weighted by atomic mass is 16.5. The molecule has 1 unspecified atom stereocenters. The van der Waals surface area contributed by atoms with Crippen molar-refractivity contribution in [3.05, 3.63) is 42.1 Å². The van der Waals surface area contributed by atoms with Crippen LogP contribution in [0.25, 0.3) is 0 Å². The lowest BCUT2D eigenvalue weighted by molar-refractivity contribution is 0.303. The van der Waals surface area contributed by atoms with Gasteiger partial charge in [0.2, 0.25) is 5.95 Å². The lowest BCUT2D eigenvalue weighted by atomic mass is 10.1. The fourth-order valence-electron chi connectivity index (χ4n) is 5.19. The van der Waals surface area contributed by atoms with Gasteiger partial charge >= 0.3 is 0 Å². The second-order valence-corrected chi connectivity index (χ2v) is 10.3. The first-order valence-corrected chi connectivity index (χ1v) is 14.1.